The van der Waals surface area contributed by atoms with Crippen LogP contribution in [0.4, 0.5) is 4.79 Å². The number of methoxy groups -OCH3 is 2. The Morgan fingerprint density at radius 3 is 2.26 bits per heavy atom. The van der Waals surface area contributed by atoms with Crippen molar-refractivity contribution in [2.45, 2.75) is 141 Å². The molecule has 2 bridgehead atoms. The number of aliphatic hydroxyl groups excluding tert-OH is 2. The average Bonchev–Trinajstić information content (AvgIpc) is 3.17. The van der Waals surface area contributed by atoms with Gasteiger partial charge in [0.2, 0.25) is 0 Å². The van der Waals surface area contributed by atoms with Crippen molar-refractivity contribution in [3.05, 3.63) is 46.6 Å². The van der Waals surface area contributed by atoms with E-state index < -0.39 is 119 Å². The summed E-state index contributed by atoms with van der Waals surface area (Å²) in [7, 11) is 2.71. The second kappa shape index (κ2) is 17.8. The van der Waals surface area contributed by atoms with Crippen molar-refractivity contribution in [2.24, 2.45) is 16.7 Å². The third-order valence-electron chi connectivity index (χ3n) is 12.8. The molecule has 1 saturated heterocycles. The monoisotopic (exact) mass is 891 g/mol. The largest absolute Gasteiger partial charge is 0.497 e. The van der Waals surface area contributed by atoms with E-state index >= 15 is 4.79 Å². The number of allylic oxidation sites excluding steroid dienone is 1. The maximum absolute atomic E-state index is 15.5. The van der Waals surface area contributed by atoms with Gasteiger partial charge in [0.15, 0.2) is 18.0 Å². The standard InChI is InChI=1S/C44H61NO16S/c1-21(2)16-25(45-39(52)61-40(4,5)6)32(48)38(51)58-27-19-44(54)36(60-37(50)24-17-23(55-10)12-13-26(24)56-11)34-42(9,28(46)18-29-43(34,53)20-57-29)35(49)33(59-30(47)14-15-62)31(22(27)3)41(44,7)8/h12-13,16-17,25,27-29,32-34,36,46,48,53-54,62H,14-15,18-20H2,1-11H3,(H,45,52)/t25-,27?,28-,29?,32+,33+,34?,36-,42+,43-,44+/m0/s1. The number of carbonyl (C=O) groups excluding carboxylic acids is 5. The molecule has 5 rings (SSSR count). The van der Waals surface area contributed by atoms with Crippen molar-refractivity contribution in [1.82, 2.24) is 5.32 Å². The zero-order chi connectivity index (χ0) is 46.5. The first kappa shape index (κ1) is 48.8. The van der Waals surface area contributed by atoms with Gasteiger partial charge in [0.05, 0.1) is 50.9 Å². The number of hydrogen-bond acceptors (Lipinski definition) is 17. The summed E-state index contributed by atoms with van der Waals surface area (Å²) in [6.07, 6.45) is -10.6. The minimum Gasteiger partial charge on any atom is -0.497 e. The van der Waals surface area contributed by atoms with Gasteiger partial charge in [0.1, 0.15) is 46.1 Å². The maximum atomic E-state index is 15.5. The lowest BCUT2D eigenvalue weighted by Gasteiger charge is -2.66. The highest BCUT2D eigenvalue weighted by molar-refractivity contribution is 7.80. The Kier molecular flexibility index (Phi) is 14.0. The van der Waals surface area contributed by atoms with E-state index in [0.717, 1.165) is 0 Å². The van der Waals surface area contributed by atoms with E-state index in [9.17, 15) is 39.6 Å². The molecule has 344 valence electrons. The molecule has 5 N–H and O–H groups in total. The number of Topliss-reactive ketones (excluding diaryl/α,β-unsaturated/α-hetero) is 1. The van der Waals surface area contributed by atoms with Crippen LogP contribution in [0.15, 0.2) is 41.0 Å². The predicted molar refractivity (Wildman–Crippen MR) is 224 cm³/mol. The predicted octanol–water partition coefficient (Wildman–Crippen LogP) is 3.17. The quantitative estimate of drug-likeness (QED) is 0.0764. The number of thiol groups is 1. The first-order chi connectivity index (χ1) is 28.7. The van der Waals surface area contributed by atoms with Crippen LogP contribution < -0.4 is 14.8 Å². The van der Waals surface area contributed by atoms with E-state index in [0.29, 0.717) is 5.57 Å². The number of benzene rings is 1. The van der Waals surface area contributed by atoms with Crippen molar-refractivity contribution in [2.75, 3.05) is 26.6 Å². The molecule has 3 aliphatic carbocycles. The molecule has 18 heteroatoms. The van der Waals surface area contributed by atoms with E-state index in [2.05, 4.69) is 17.9 Å². The molecule has 17 nitrogen and oxygen atoms in total. The first-order valence-electron chi connectivity index (χ1n) is 20.5. The van der Waals surface area contributed by atoms with E-state index in [-0.39, 0.29) is 46.8 Å². The van der Waals surface area contributed by atoms with Crippen LogP contribution in [0.25, 0.3) is 0 Å². The van der Waals surface area contributed by atoms with Crippen LogP contribution in [0.2, 0.25) is 0 Å². The van der Waals surface area contributed by atoms with Crippen LogP contribution in [0.1, 0.15) is 91.9 Å². The zero-order valence-corrected chi connectivity index (χ0v) is 38.0. The molecule has 1 aromatic rings. The summed E-state index contributed by atoms with van der Waals surface area (Å²) in [6.45, 7) is 13.8. The van der Waals surface area contributed by atoms with Gasteiger partial charge in [-0.1, -0.05) is 25.5 Å². The lowest BCUT2D eigenvalue weighted by molar-refractivity contribution is -0.343. The summed E-state index contributed by atoms with van der Waals surface area (Å²) in [6, 6.07) is 2.99. The molecule has 62 heavy (non-hydrogen) atoms. The minimum atomic E-state index is -2.44. The summed E-state index contributed by atoms with van der Waals surface area (Å²) >= 11 is 4.16. The fraction of sp³-hybridized carbons (Fsp3) is 0.659. The van der Waals surface area contributed by atoms with Gasteiger partial charge in [-0.05, 0) is 77.8 Å². The summed E-state index contributed by atoms with van der Waals surface area (Å²) in [4.78, 5) is 70.4. The average molecular weight is 892 g/mol. The van der Waals surface area contributed by atoms with Crippen LogP contribution >= 0.6 is 12.6 Å². The Labute approximate surface area is 366 Å². The van der Waals surface area contributed by atoms with Gasteiger partial charge < -0.3 is 58.9 Å². The normalized spacial score (nSPS) is 32.2. The summed E-state index contributed by atoms with van der Waals surface area (Å²) in [5.41, 5.74) is -8.61. The molecule has 1 aromatic carbocycles. The zero-order valence-electron chi connectivity index (χ0n) is 37.1. The van der Waals surface area contributed by atoms with Gasteiger partial charge in [-0.3, -0.25) is 9.59 Å². The Morgan fingerprint density at radius 2 is 1.71 bits per heavy atom. The van der Waals surface area contributed by atoms with E-state index in [1.54, 1.807) is 40.7 Å². The van der Waals surface area contributed by atoms with Gasteiger partial charge in [0.25, 0.3) is 0 Å². The second-order valence-electron chi connectivity index (χ2n) is 18.5. The number of carbonyl (C=O) groups is 5. The molecule has 1 amide bonds. The number of esters is 3. The fourth-order valence-electron chi connectivity index (χ4n) is 9.50. The summed E-state index contributed by atoms with van der Waals surface area (Å²) in [5.74, 6) is -5.38. The molecule has 2 saturated carbocycles. The molecule has 3 fully saturated rings. The number of amides is 1. The topological polar surface area (TPSA) is 243 Å². The molecule has 3 unspecified atom stereocenters. The van der Waals surface area contributed by atoms with Crippen LogP contribution in [0.3, 0.4) is 0 Å². The Balaban J connectivity index is 1.73. The lowest BCUT2D eigenvalue weighted by atomic mass is 9.44. The van der Waals surface area contributed by atoms with Gasteiger partial charge in [0, 0.05) is 29.9 Å². The minimum absolute atomic E-state index is 0.0327. The van der Waals surface area contributed by atoms with Crippen molar-refractivity contribution < 1.29 is 77.6 Å². The number of fused-ring (bicyclic) bond motifs is 5. The Morgan fingerprint density at radius 1 is 1.05 bits per heavy atom. The number of alkyl carbamates (subject to hydrolysis) is 1. The third-order valence-corrected chi connectivity index (χ3v) is 13.0. The summed E-state index contributed by atoms with van der Waals surface area (Å²) < 4.78 is 40.3. The maximum Gasteiger partial charge on any atom is 0.408 e. The second-order valence-corrected chi connectivity index (χ2v) is 19.0. The van der Waals surface area contributed by atoms with Crippen molar-refractivity contribution in [3.8, 4) is 11.5 Å². The van der Waals surface area contributed by atoms with Crippen LogP contribution in [-0.2, 0) is 38.1 Å². The van der Waals surface area contributed by atoms with E-state index in [4.69, 9.17) is 33.2 Å². The lowest BCUT2D eigenvalue weighted by Crippen LogP contribution is -2.81. The highest BCUT2D eigenvalue weighted by atomic mass is 32.1. The van der Waals surface area contributed by atoms with Crippen molar-refractivity contribution >= 4 is 42.4 Å². The molecular weight excluding hydrogens is 831 g/mol. The number of hydrogen-bond donors (Lipinski definition) is 6. The Bertz CT molecular complexity index is 2000. The number of aliphatic hydroxyl groups is 4. The molecule has 11 atom stereocenters. The van der Waals surface area contributed by atoms with E-state index in [1.807, 2.05) is 0 Å². The highest BCUT2D eigenvalue weighted by Gasteiger charge is 2.77. The Hall–Kier alpha value is -4.20. The number of ether oxygens (including phenoxy) is 7. The van der Waals surface area contributed by atoms with Gasteiger partial charge in [-0.15, -0.1) is 0 Å². The fourth-order valence-corrected chi connectivity index (χ4v) is 9.68. The summed E-state index contributed by atoms with van der Waals surface area (Å²) in [5, 5.41) is 52.2. The number of ketones is 1. The highest BCUT2D eigenvalue weighted by Crippen LogP contribution is 2.63. The van der Waals surface area contributed by atoms with Gasteiger partial charge >= 0.3 is 24.0 Å². The molecule has 4 aliphatic rings. The smallest absolute Gasteiger partial charge is 0.408 e. The molecule has 1 heterocycles. The third kappa shape index (κ3) is 8.70. The SMILES string of the molecule is COc1ccc(OC)c(C(=O)O[C@H]2C3[C@]4(O)COC4C[C@H](O)[C@@]3(C)C(=O)[C@H](OC(=O)CCS)C3=C(C)C(OC(=O)[C@H](O)[C@H](C=C(C)C)NC(=O)OC(C)(C)C)C[C@]2(O)C3(C)C)c1. The van der Waals surface area contributed by atoms with Gasteiger partial charge in [-0.25, -0.2) is 14.4 Å². The van der Waals surface area contributed by atoms with Crippen LogP contribution in [0, 0.1) is 16.7 Å². The molecular formula is C44H61NO16S. The van der Waals surface area contributed by atoms with Crippen molar-refractivity contribution in [3.63, 3.8) is 0 Å². The van der Waals surface area contributed by atoms with Crippen molar-refractivity contribution in [1.29, 1.82) is 0 Å². The first-order valence-corrected chi connectivity index (χ1v) is 21.1. The van der Waals surface area contributed by atoms with Crippen LogP contribution in [0.5, 0.6) is 11.5 Å². The van der Waals surface area contributed by atoms with Crippen LogP contribution in [-0.4, -0.2) is 136 Å². The molecule has 0 aromatic heterocycles. The molecule has 0 radical (unpaired) electrons. The molecule has 0 spiro atoms. The number of rotatable bonds is 12. The van der Waals surface area contributed by atoms with E-state index in [1.165, 1.54) is 60.1 Å². The molecule has 1 aliphatic heterocycles. The number of nitrogens with one attached hydrogen (secondary N) is 1. The van der Waals surface area contributed by atoms with Gasteiger partial charge in [-0.2, -0.15) is 12.6 Å².